The molecule has 4 heteroatoms. The second kappa shape index (κ2) is 6.77. The van der Waals surface area contributed by atoms with Crippen molar-refractivity contribution in [2.45, 2.75) is 24.9 Å². The third kappa shape index (κ3) is 3.14. The van der Waals surface area contributed by atoms with E-state index in [1.807, 2.05) is 38.4 Å². The molecular formula is C16H26N2O2. The predicted octanol–water partition coefficient (Wildman–Crippen LogP) is 2.38. The Morgan fingerprint density at radius 3 is 2.35 bits per heavy atom. The van der Waals surface area contributed by atoms with Gasteiger partial charge in [0.05, 0.1) is 19.8 Å². The van der Waals surface area contributed by atoms with E-state index in [1.54, 1.807) is 14.2 Å². The number of nitrogens with zero attached hydrogens (tertiary/aromatic N) is 1. The van der Waals surface area contributed by atoms with Crippen molar-refractivity contribution < 1.29 is 9.47 Å². The van der Waals surface area contributed by atoms with E-state index in [-0.39, 0.29) is 6.04 Å². The minimum Gasteiger partial charge on any atom is -0.493 e. The van der Waals surface area contributed by atoms with Gasteiger partial charge in [0, 0.05) is 6.04 Å². The Bertz CT molecular complexity index is 460. The summed E-state index contributed by atoms with van der Waals surface area (Å²) in [6, 6.07) is 5.98. The van der Waals surface area contributed by atoms with Crippen LogP contribution in [0.4, 0.5) is 0 Å². The zero-order valence-electron chi connectivity index (χ0n) is 13.1. The lowest BCUT2D eigenvalue weighted by Gasteiger charge is -2.39. The third-order valence-electron chi connectivity index (χ3n) is 3.92. The second-order valence-corrected chi connectivity index (χ2v) is 5.24. The van der Waals surface area contributed by atoms with E-state index in [0.29, 0.717) is 17.9 Å². The van der Waals surface area contributed by atoms with Crippen molar-refractivity contribution in [2.24, 2.45) is 5.73 Å². The minimum absolute atomic E-state index is 0.151. The maximum absolute atomic E-state index is 6.68. The average Bonchev–Trinajstić information content (AvgIpc) is 2.45. The molecule has 0 amide bonds. The van der Waals surface area contributed by atoms with Gasteiger partial charge < -0.3 is 20.1 Å². The average molecular weight is 278 g/mol. The van der Waals surface area contributed by atoms with Gasteiger partial charge in [0.2, 0.25) is 0 Å². The first-order chi connectivity index (χ1) is 9.40. The molecule has 0 aliphatic heterocycles. The molecule has 0 radical (unpaired) electrons. The molecule has 0 aliphatic rings. The molecule has 0 aliphatic carbocycles. The largest absolute Gasteiger partial charge is 0.493 e. The molecule has 2 atom stereocenters. The lowest BCUT2D eigenvalue weighted by molar-refractivity contribution is 0.193. The molecule has 0 saturated carbocycles. The predicted molar refractivity (Wildman–Crippen MR) is 83.4 cm³/mol. The lowest BCUT2D eigenvalue weighted by atomic mass is 9.81. The van der Waals surface area contributed by atoms with E-state index in [1.165, 1.54) is 0 Å². The molecule has 2 unspecified atom stereocenters. The van der Waals surface area contributed by atoms with Crippen molar-refractivity contribution in [1.82, 2.24) is 4.90 Å². The van der Waals surface area contributed by atoms with Crippen LogP contribution in [0.1, 0.15) is 18.9 Å². The molecule has 0 fully saturated rings. The fourth-order valence-electron chi connectivity index (χ4n) is 2.35. The third-order valence-corrected chi connectivity index (χ3v) is 3.92. The molecular weight excluding hydrogens is 252 g/mol. The van der Waals surface area contributed by atoms with Gasteiger partial charge in [-0.05, 0) is 45.1 Å². The Labute approximate surface area is 122 Å². The van der Waals surface area contributed by atoms with Crippen molar-refractivity contribution in [1.29, 1.82) is 0 Å². The molecule has 0 saturated heterocycles. The van der Waals surface area contributed by atoms with Crippen LogP contribution in [0.5, 0.6) is 11.5 Å². The molecule has 1 aromatic carbocycles. The zero-order chi connectivity index (χ0) is 15.3. The second-order valence-electron chi connectivity index (χ2n) is 5.24. The van der Waals surface area contributed by atoms with E-state index >= 15 is 0 Å². The summed E-state index contributed by atoms with van der Waals surface area (Å²) in [6.07, 6.45) is 2.54. The number of nitrogens with two attached hydrogens (primary N) is 1. The number of methoxy groups -OCH3 is 2. The van der Waals surface area contributed by atoms with Crippen molar-refractivity contribution in [3.63, 3.8) is 0 Å². The first-order valence-corrected chi connectivity index (χ1v) is 6.69. The van der Waals surface area contributed by atoms with Crippen LogP contribution >= 0.6 is 0 Å². The lowest BCUT2D eigenvalue weighted by Crippen LogP contribution is -2.52. The van der Waals surface area contributed by atoms with Crippen molar-refractivity contribution in [3.8, 4) is 11.5 Å². The van der Waals surface area contributed by atoms with Gasteiger partial charge >= 0.3 is 0 Å². The molecule has 20 heavy (non-hydrogen) atoms. The number of rotatable bonds is 7. The summed E-state index contributed by atoms with van der Waals surface area (Å²) >= 11 is 0. The van der Waals surface area contributed by atoms with Crippen LogP contribution in [-0.2, 0) is 5.54 Å². The van der Waals surface area contributed by atoms with Crippen molar-refractivity contribution in [2.75, 3.05) is 28.3 Å². The Morgan fingerprint density at radius 1 is 1.30 bits per heavy atom. The van der Waals surface area contributed by atoms with Crippen LogP contribution in [0.2, 0.25) is 0 Å². The highest BCUT2D eigenvalue weighted by Gasteiger charge is 2.34. The first kappa shape index (κ1) is 16.5. The monoisotopic (exact) mass is 278 g/mol. The van der Waals surface area contributed by atoms with Crippen LogP contribution in [-0.4, -0.2) is 39.3 Å². The fraction of sp³-hybridized carbons (Fsp3) is 0.500. The van der Waals surface area contributed by atoms with Crippen molar-refractivity contribution >= 4 is 0 Å². The summed E-state index contributed by atoms with van der Waals surface area (Å²) in [5, 5.41) is 0. The number of benzene rings is 1. The van der Waals surface area contributed by atoms with E-state index in [0.717, 1.165) is 5.56 Å². The Kier molecular flexibility index (Phi) is 5.60. The summed E-state index contributed by atoms with van der Waals surface area (Å²) in [7, 11) is 7.30. The van der Waals surface area contributed by atoms with Crippen LogP contribution in [0.15, 0.2) is 30.9 Å². The summed E-state index contributed by atoms with van der Waals surface area (Å²) < 4.78 is 10.6. The van der Waals surface area contributed by atoms with Gasteiger partial charge in [0.1, 0.15) is 0 Å². The standard InChI is InChI=1S/C16H26N2O2/c1-7-10-16(17,12(2)18(3)4)13-8-9-14(19-5)15(11-13)20-6/h7-9,11-12H,1,10,17H2,2-6H3. The Morgan fingerprint density at radius 2 is 1.90 bits per heavy atom. The molecule has 0 spiro atoms. The van der Waals surface area contributed by atoms with Gasteiger partial charge in [0.15, 0.2) is 11.5 Å². The quantitative estimate of drug-likeness (QED) is 0.778. The van der Waals surface area contributed by atoms with Gasteiger partial charge in [-0.15, -0.1) is 6.58 Å². The molecule has 112 valence electrons. The highest BCUT2D eigenvalue weighted by Crippen LogP contribution is 2.35. The van der Waals surface area contributed by atoms with E-state index < -0.39 is 5.54 Å². The van der Waals surface area contributed by atoms with Crippen LogP contribution in [0.3, 0.4) is 0 Å². The number of likely N-dealkylation sites (N-methyl/N-ethyl adjacent to an activating group) is 1. The molecule has 0 bridgehead atoms. The number of ether oxygens (including phenoxy) is 2. The minimum atomic E-state index is -0.523. The molecule has 4 nitrogen and oxygen atoms in total. The van der Waals surface area contributed by atoms with E-state index in [4.69, 9.17) is 15.2 Å². The topological polar surface area (TPSA) is 47.7 Å². The van der Waals surface area contributed by atoms with Crippen LogP contribution in [0, 0.1) is 0 Å². The molecule has 2 N–H and O–H groups in total. The summed E-state index contributed by atoms with van der Waals surface area (Å²) in [5.41, 5.74) is 7.17. The van der Waals surface area contributed by atoms with Crippen LogP contribution < -0.4 is 15.2 Å². The summed E-state index contributed by atoms with van der Waals surface area (Å²) in [4.78, 5) is 2.11. The van der Waals surface area contributed by atoms with Gasteiger partial charge in [-0.25, -0.2) is 0 Å². The van der Waals surface area contributed by atoms with Gasteiger partial charge in [-0.3, -0.25) is 0 Å². The molecule has 0 heterocycles. The summed E-state index contributed by atoms with van der Waals surface area (Å²) in [6.45, 7) is 5.95. The first-order valence-electron chi connectivity index (χ1n) is 6.69. The van der Waals surface area contributed by atoms with Crippen LogP contribution in [0.25, 0.3) is 0 Å². The molecule has 1 rings (SSSR count). The van der Waals surface area contributed by atoms with Gasteiger partial charge in [-0.2, -0.15) is 0 Å². The summed E-state index contributed by atoms with van der Waals surface area (Å²) in [5.74, 6) is 1.39. The maximum Gasteiger partial charge on any atom is 0.161 e. The Hall–Kier alpha value is -1.52. The highest BCUT2D eigenvalue weighted by atomic mass is 16.5. The van der Waals surface area contributed by atoms with E-state index in [2.05, 4.69) is 18.4 Å². The normalized spacial score (nSPS) is 15.6. The maximum atomic E-state index is 6.68. The Balaban J connectivity index is 3.31. The van der Waals surface area contributed by atoms with Crippen molar-refractivity contribution in [3.05, 3.63) is 36.4 Å². The smallest absolute Gasteiger partial charge is 0.161 e. The van der Waals surface area contributed by atoms with Gasteiger partial charge in [0.25, 0.3) is 0 Å². The highest BCUT2D eigenvalue weighted by molar-refractivity contribution is 5.45. The molecule has 1 aromatic rings. The zero-order valence-corrected chi connectivity index (χ0v) is 13.1. The van der Waals surface area contributed by atoms with E-state index in [9.17, 15) is 0 Å². The number of hydrogen-bond donors (Lipinski definition) is 1. The SMILES string of the molecule is C=CCC(N)(c1ccc(OC)c(OC)c1)C(C)N(C)C. The number of hydrogen-bond acceptors (Lipinski definition) is 4. The molecule has 0 aromatic heterocycles. The fourth-order valence-corrected chi connectivity index (χ4v) is 2.35. The van der Waals surface area contributed by atoms with Gasteiger partial charge in [-0.1, -0.05) is 12.1 Å².